The van der Waals surface area contributed by atoms with E-state index < -0.39 is 18.5 Å². The van der Waals surface area contributed by atoms with Gasteiger partial charge in [-0.1, -0.05) is 152 Å². The second-order valence-electron chi connectivity index (χ2n) is 23.2. The molecule has 4 fully saturated rings. The van der Waals surface area contributed by atoms with E-state index in [0.29, 0.717) is 17.4 Å². The summed E-state index contributed by atoms with van der Waals surface area (Å²) in [6.45, 7) is 9.93. The number of hydrogen-bond donors (Lipinski definition) is 3. The Balaban J connectivity index is 0.000000269. The number of ether oxygens (including phenoxy) is 5. The maximum absolute atomic E-state index is 13.1. The number of Topliss-reactive ketones (excluding diaryl/α,β-unsaturated/α-hetero) is 2. The summed E-state index contributed by atoms with van der Waals surface area (Å²) in [4.78, 5) is 91.0. The summed E-state index contributed by atoms with van der Waals surface area (Å²) >= 11 is 3.28. The number of hydrogen-bond acceptors (Lipinski definition) is 16. The number of carbonyl (C=O) groups is 8. The number of carbonyl (C=O) groups excluding carboxylic acids is 8. The number of aliphatic hydroxyl groups is 1. The molecule has 0 bridgehead atoms. The predicted molar refractivity (Wildman–Crippen MR) is 359 cm³/mol. The first-order valence-corrected chi connectivity index (χ1v) is 32.6. The summed E-state index contributed by atoms with van der Waals surface area (Å²) in [6, 6.07) is 29.8. The maximum Gasteiger partial charge on any atom is 0.330 e. The van der Waals surface area contributed by atoms with Crippen molar-refractivity contribution in [1.29, 1.82) is 0 Å². The molecule has 3 N–H and O–H groups in total. The summed E-state index contributed by atoms with van der Waals surface area (Å²) in [5.74, 6) is -0.817. The molecule has 4 saturated carbocycles. The van der Waals surface area contributed by atoms with Gasteiger partial charge in [-0.2, -0.15) is 0 Å². The Bertz CT molecular complexity index is 2860. The Hall–Kier alpha value is -7.44. The smallest absolute Gasteiger partial charge is 0.330 e. The second-order valence-corrected chi connectivity index (χ2v) is 24.1. The van der Waals surface area contributed by atoms with E-state index in [1.807, 2.05) is 60.7 Å². The zero-order valence-corrected chi connectivity index (χ0v) is 55.8. The van der Waals surface area contributed by atoms with Crippen LogP contribution in [-0.4, -0.2) is 105 Å². The lowest BCUT2D eigenvalue weighted by atomic mass is 9.83. The Morgan fingerprint density at radius 3 is 1.11 bits per heavy atom. The maximum atomic E-state index is 13.1. The van der Waals surface area contributed by atoms with Crippen LogP contribution in [0.4, 0.5) is 0 Å². The molecule has 492 valence electrons. The molecule has 91 heavy (non-hydrogen) atoms. The first-order chi connectivity index (χ1) is 43.8. The Labute approximate surface area is 547 Å². The normalized spacial score (nSPS) is 16.5. The fourth-order valence-corrected chi connectivity index (χ4v) is 11.3. The van der Waals surface area contributed by atoms with Crippen molar-refractivity contribution in [2.24, 2.45) is 11.8 Å². The monoisotopic (exact) mass is 1310 g/mol. The van der Waals surface area contributed by atoms with Gasteiger partial charge in [0.25, 0.3) is 0 Å². The van der Waals surface area contributed by atoms with E-state index in [4.69, 9.17) is 14.6 Å². The molecule has 17 heteroatoms. The molecule has 4 aromatic rings. The third-order valence-corrected chi connectivity index (χ3v) is 17.0. The van der Waals surface area contributed by atoms with Crippen LogP contribution in [0.3, 0.4) is 0 Å². The van der Waals surface area contributed by atoms with Gasteiger partial charge in [0.05, 0.1) is 21.3 Å². The SMILES string of the molecule is C=CC(=O)OC.CC(=O)c1ccc(Br)cc1.CC(N[C@H](C(=O)OC1CCCC1)C1CCCCC1)c1ccc(/C=C/C(=O)CO)cc1.COC(=O)/C=C/c1ccc(C(C)=O)cc1.COC(=O)/C=C/c1ccc(C(C)N[C@H](C(=O)OC2CCCC2)C2CCCCC2)cc1. The predicted octanol–water partition coefficient (Wildman–Crippen LogP) is 14.4. The summed E-state index contributed by atoms with van der Waals surface area (Å²) in [7, 11) is 4.00. The van der Waals surface area contributed by atoms with Gasteiger partial charge >= 0.3 is 29.8 Å². The average Bonchev–Trinajstić information content (AvgIpc) is 3.97. The van der Waals surface area contributed by atoms with Crippen LogP contribution in [0.5, 0.6) is 0 Å². The van der Waals surface area contributed by atoms with E-state index >= 15 is 0 Å². The molecule has 8 rings (SSSR count). The highest BCUT2D eigenvalue weighted by Crippen LogP contribution is 2.32. The van der Waals surface area contributed by atoms with Gasteiger partial charge in [-0.3, -0.25) is 34.6 Å². The van der Waals surface area contributed by atoms with Gasteiger partial charge in [0, 0.05) is 45.9 Å². The van der Waals surface area contributed by atoms with Crippen LogP contribution in [-0.2, 0) is 52.5 Å². The topological polar surface area (TPSA) is 227 Å². The van der Waals surface area contributed by atoms with Crippen molar-refractivity contribution in [3.8, 4) is 0 Å². The van der Waals surface area contributed by atoms with Crippen LogP contribution in [0, 0.1) is 11.8 Å². The van der Waals surface area contributed by atoms with Crippen molar-refractivity contribution in [3.05, 3.63) is 171 Å². The van der Waals surface area contributed by atoms with Gasteiger partial charge in [0.1, 0.15) is 30.9 Å². The van der Waals surface area contributed by atoms with Gasteiger partial charge in [0.2, 0.25) is 0 Å². The highest BCUT2D eigenvalue weighted by Gasteiger charge is 2.35. The summed E-state index contributed by atoms with van der Waals surface area (Å²) in [5, 5.41) is 16.0. The fraction of sp³-hybridized carbons (Fsp3) is 0.459. The third kappa shape index (κ3) is 29.2. The van der Waals surface area contributed by atoms with Crippen LogP contribution >= 0.6 is 15.9 Å². The molecule has 4 atom stereocenters. The fourth-order valence-electron chi connectivity index (χ4n) is 11.0. The number of esters is 5. The van der Waals surface area contributed by atoms with E-state index in [1.54, 1.807) is 61.5 Å². The van der Waals surface area contributed by atoms with Crippen molar-refractivity contribution in [3.63, 3.8) is 0 Å². The molecule has 4 aromatic carbocycles. The van der Waals surface area contributed by atoms with Crippen LogP contribution in [0.15, 0.2) is 132 Å². The van der Waals surface area contributed by atoms with E-state index in [1.165, 1.54) is 85.0 Å². The van der Waals surface area contributed by atoms with Crippen molar-refractivity contribution >= 4 is 81.4 Å². The Morgan fingerprint density at radius 1 is 0.484 bits per heavy atom. The first-order valence-electron chi connectivity index (χ1n) is 31.8. The van der Waals surface area contributed by atoms with Crippen molar-refractivity contribution in [2.45, 2.75) is 180 Å². The van der Waals surface area contributed by atoms with E-state index in [-0.39, 0.29) is 71.6 Å². The molecule has 0 aliphatic heterocycles. The number of benzene rings is 4. The lowest BCUT2D eigenvalue weighted by Crippen LogP contribution is -2.46. The molecule has 2 unspecified atom stereocenters. The number of halogens is 1. The van der Waals surface area contributed by atoms with Crippen LogP contribution in [0.25, 0.3) is 18.2 Å². The second kappa shape index (κ2) is 42.6. The molecule has 0 heterocycles. The van der Waals surface area contributed by atoms with E-state index in [9.17, 15) is 38.4 Å². The minimum absolute atomic E-state index is 0.0187. The minimum atomic E-state index is -0.477. The lowest BCUT2D eigenvalue weighted by Gasteiger charge is -2.32. The number of aliphatic hydroxyl groups excluding tert-OH is 1. The first kappa shape index (κ1) is 76.0. The number of ketones is 3. The van der Waals surface area contributed by atoms with Crippen molar-refractivity contribution < 1.29 is 67.1 Å². The summed E-state index contributed by atoms with van der Waals surface area (Å²) < 4.78 is 26.0. The molecule has 4 aliphatic rings. The highest BCUT2D eigenvalue weighted by molar-refractivity contribution is 9.10. The molecule has 0 aromatic heterocycles. The zero-order chi connectivity index (χ0) is 66.5. The highest BCUT2D eigenvalue weighted by atomic mass is 79.9. The largest absolute Gasteiger partial charge is 0.466 e. The molecular weight excluding hydrogens is 1220 g/mol. The van der Waals surface area contributed by atoms with E-state index in [0.717, 1.165) is 121 Å². The quantitative estimate of drug-likeness (QED) is 0.0288. The number of nitrogens with one attached hydrogen (secondary N) is 2. The van der Waals surface area contributed by atoms with Crippen LogP contribution < -0.4 is 10.6 Å². The Morgan fingerprint density at radius 2 is 0.802 bits per heavy atom. The molecule has 4 aliphatic carbocycles. The third-order valence-electron chi connectivity index (χ3n) is 16.4. The minimum Gasteiger partial charge on any atom is -0.466 e. The van der Waals surface area contributed by atoms with Crippen LogP contribution in [0.1, 0.15) is 204 Å². The van der Waals surface area contributed by atoms with E-state index in [2.05, 4.69) is 61.2 Å². The van der Waals surface area contributed by atoms with Crippen molar-refractivity contribution in [1.82, 2.24) is 10.6 Å². The molecule has 0 radical (unpaired) electrons. The molecule has 0 spiro atoms. The molecule has 0 amide bonds. The van der Waals surface area contributed by atoms with Gasteiger partial charge in [-0.25, -0.2) is 14.4 Å². The molecular formula is C74H95BrN2O14. The lowest BCUT2D eigenvalue weighted by molar-refractivity contribution is -0.154. The zero-order valence-electron chi connectivity index (χ0n) is 54.2. The van der Waals surface area contributed by atoms with Gasteiger partial charge in [-0.15, -0.1) is 0 Å². The average molecular weight is 1320 g/mol. The molecule has 0 saturated heterocycles. The van der Waals surface area contributed by atoms with Gasteiger partial charge < -0.3 is 28.8 Å². The van der Waals surface area contributed by atoms with Gasteiger partial charge in [-0.05, 0) is 175 Å². The van der Waals surface area contributed by atoms with Gasteiger partial charge in [0.15, 0.2) is 17.3 Å². The van der Waals surface area contributed by atoms with Crippen LogP contribution in [0.2, 0.25) is 0 Å². The van der Waals surface area contributed by atoms with Crippen molar-refractivity contribution in [2.75, 3.05) is 27.9 Å². The standard InChI is InChI=1S/2C25H35NO4.C12H12O3.C8H7BrO.C4H6O2/c1-18(20-15-12-19(13-16-20)14-17-23(27)29-2)26-24(21-8-4-3-5-9-21)25(28)30-22-10-6-7-11-22;1-18(20-14-11-19(12-15-20)13-16-22(28)17-27)26-24(21-7-3-2-4-8-21)25(29)30-23-9-5-6-10-23;1-9(13)11-6-3-10(4-7-11)5-8-12(14)15-2;1-6(10)7-2-4-8(9)5-3-7;1-3-4(5)6-2/h12-18,21-22,24,26H,3-11H2,1-2H3;11-16,18,21,23-24,26-27H,2-10,17H2,1H3;3-8H,1-2H3;2-5H,1H3;3H,1H2,2H3/b17-14+;16-13+;8-5+;;/t2*18?,24-;;;/m00.../s1. The molecule has 16 nitrogen and oxygen atoms in total. The summed E-state index contributed by atoms with van der Waals surface area (Å²) in [5.41, 5.74) is 6.30. The number of methoxy groups -OCH3 is 3. The summed E-state index contributed by atoms with van der Waals surface area (Å²) in [6.07, 6.45) is 30.7. The Kier molecular flexibility index (Phi) is 35.6. The number of rotatable bonds is 22.